The second-order valence-corrected chi connectivity index (χ2v) is 7.86. The molecule has 7 heteroatoms. The number of hydrogen-bond acceptors (Lipinski definition) is 6. The minimum atomic E-state index is -0.327. The van der Waals surface area contributed by atoms with Crippen LogP contribution in [0, 0.1) is 26.2 Å². The van der Waals surface area contributed by atoms with Crippen LogP contribution in [-0.4, -0.2) is 33.2 Å². The molecule has 0 fully saturated rings. The summed E-state index contributed by atoms with van der Waals surface area (Å²) in [6, 6.07) is 1.92. The summed E-state index contributed by atoms with van der Waals surface area (Å²) in [6.07, 6.45) is 1.64. The van der Waals surface area contributed by atoms with Gasteiger partial charge in [-0.3, -0.25) is 0 Å². The van der Waals surface area contributed by atoms with Gasteiger partial charge in [0.1, 0.15) is 5.69 Å². The Morgan fingerprint density at radius 2 is 1.93 bits per heavy atom. The smallest absolute Gasteiger partial charge is 0.355 e. The Hall–Kier alpha value is -2.70. The van der Waals surface area contributed by atoms with Crippen molar-refractivity contribution < 1.29 is 9.53 Å². The van der Waals surface area contributed by atoms with Gasteiger partial charge in [-0.15, -0.1) is 0 Å². The molecule has 0 aliphatic heterocycles. The largest absolute Gasteiger partial charge is 0.461 e. The van der Waals surface area contributed by atoms with Crippen molar-refractivity contribution in [1.82, 2.24) is 15.0 Å². The quantitative estimate of drug-likeness (QED) is 0.633. The Labute approximate surface area is 159 Å². The third kappa shape index (κ3) is 4.02. The lowest BCUT2D eigenvalue weighted by atomic mass is 9.75. The van der Waals surface area contributed by atoms with Gasteiger partial charge in [-0.1, -0.05) is 13.8 Å². The Morgan fingerprint density at radius 1 is 1.26 bits per heavy atom. The number of fused-ring (bicyclic) bond motifs is 1. The average molecular weight is 369 g/mol. The Balaban J connectivity index is 2.00. The maximum absolute atomic E-state index is 12.3. The van der Waals surface area contributed by atoms with Crippen LogP contribution in [0.1, 0.15) is 65.9 Å². The predicted octanol–water partition coefficient (Wildman–Crippen LogP) is 3.70. The average Bonchev–Trinajstić information content (AvgIpc) is 2.87. The minimum Gasteiger partial charge on any atom is -0.461 e. The molecule has 0 radical (unpaired) electrons. The minimum absolute atomic E-state index is 0.0279. The fourth-order valence-corrected chi connectivity index (χ4v) is 3.66. The summed E-state index contributed by atoms with van der Waals surface area (Å²) in [6.45, 7) is 12.3. The van der Waals surface area contributed by atoms with E-state index in [1.165, 1.54) is 0 Å². The number of ether oxygens (including phenoxy) is 1. The van der Waals surface area contributed by atoms with Crippen molar-refractivity contribution >= 4 is 17.6 Å². The molecule has 144 valence electrons. The molecule has 2 heterocycles. The summed E-state index contributed by atoms with van der Waals surface area (Å²) >= 11 is 0. The number of carbonyl (C=O) groups excluding carboxylic acids is 1. The van der Waals surface area contributed by atoms with Crippen molar-refractivity contribution in [2.45, 2.75) is 54.4 Å². The van der Waals surface area contributed by atoms with Crippen LogP contribution in [-0.2, 0) is 11.2 Å². The van der Waals surface area contributed by atoms with Gasteiger partial charge < -0.3 is 9.72 Å². The summed E-state index contributed by atoms with van der Waals surface area (Å²) in [5.74, 6) is 0.149. The Bertz CT molecular complexity index is 891. The van der Waals surface area contributed by atoms with E-state index in [1.807, 2.05) is 26.8 Å². The number of nitrogens with one attached hydrogen (secondary N) is 2. The highest BCUT2D eigenvalue weighted by Crippen LogP contribution is 2.37. The lowest BCUT2D eigenvalue weighted by molar-refractivity contribution is 0.0519. The summed E-state index contributed by atoms with van der Waals surface area (Å²) in [5.41, 5.74) is 9.10. The van der Waals surface area contributed by atoms with E-state index >= 15 is 0 Å². The van der Waals surface area contributed by atoms with Gasteiger partial charge in [0.2, 0.25) is 5.95 Å². The van der Waals surface area contributed by atoms with Crippen molar-refractivity contribution in [2.24, 2.45) is 10.5 Å². The number of aromatic amines is 1. The molecule has 0 aromatic carbocycles. The fraction of sp³-hybridized carbons (Fsp3) is 0.500. The van der Waals surface area contributed by atoms with Gasteiger partial charge >= 0.3 is 5.97 Å². The molecule has 0 amide bonds. The van der Waals surface area contributed by atoms with Crippen LogP contribution in [0.5, 0.6) is 0 Å². The summed E-state index contributed by atoms with van der Waals surface area (Å²) in [7, 11) is 0. The highest BCUT2D eigenvalue weighted by molar-refractivity contribution is 6.07. The predicted molar refractivity (Wildman–Crippen MR) is 105 cm³/mol. The highest BCUT2D eigenvalue weighted by atomic mass is 16.5. The van der Waals surface area contributed by atoms with E-state index < -0.39 is 0 Å². The molecule has 2 aromatic heterocycles. The van der Waals surface area contributed by atoms with Crippen LogP contribution in [0.4, 0.5) is 5.95 Å². The maximum atomic E-state index is 12.3. The first-order valence-corrected chi connectivity index (χ1v) is 9.24. The molecule has 0 bridgehead atoms. The number of esters is 1. The molecule has 1 aliphatic rings. The Morgan fingerprint density at radius 3 is 2.56 bits per heavy atom. The number of anilines is 1. The molecule has 2 aromatic rings. The Kier molecular flexibility index (Phi) is 5.04. The SMILES string of the molecule is CCOC(=O)c1[nH]c2c(c1C)C(=NNc1nc(C)cc(C)n1)CC(C)(C)C2. The second kappa shape index (κ2) is 7.13. The van der Waals surface area contributed by atoms with E-state index in [0.29, 0.717) is 18.2 Å². The number of hydrogen-bond donors (Lipinski definition) is 2. The number of carbonyl (C=O) groups is 1. The molecule has 7 nitrogen and oxygen atoms in total. The van der Waals surface area contributed by atoms with Crippen LogP contribution in [0.2, 0.25) is 0 Å². The van der Waals surface area contributed by atoms with Crippen molar-refractivity contribution in [3.8, 4) is 0 Å². The number of H-pyrrole nitrogens is 1. The topological polar surface area (TPSA) is 92.3 Å². The van der Waals surface area contributed by atoms with Crippen LogP contribution in [0.15, 0.2) is 11.2 Å². The van der Waals surface area contributed by atoms with E-state index in [9.17, 15) is 4.79 Å². The molecule has 3 rings (SSSR count). The van der Waals surface area contributed by atoms with E-state index in [4.69, 9.17) is 4.74 Å². The maximum Gasteiger partial charge on any atom is 0.355 e. The zero-order chi connectivity index (χ0) is 19.8. The van der Waals surface area contributed by atoms with Crippen molar-refractivity contribution in [3.63, 3.8) is 0 Å². The van der Waals surface area contributed by atoms with Crippen molar-refractivity contribution in [1.29, 1.82) is 0 Å². The summed E-state index contributed by atoms with van der Waals surface area (Å²) < 4.78 is 5.18. The van der Waals surface area contributed by atoms with Crippen LogP contribution < -0.4 is 5.43 Å². The van der Waals surface area contributed by atoms with Gasteiger partial charge in [0, 0.05) is 22.6 Å². The molecule has 0 saturated heterocycles. The molecule has 1 aliphatic carbocycles. The number of nitrogens with zero attached hydrogens (tertiary/aromatic N) is 3. The number of rotatable bonds is 4. The van der Waals surface area contributed by atoms with Gasteiger partial charge in [0.05, 0.1) is 12.3 Å². The lowest BCUT2D eigenvalue weighted by Crippen LogP contribution is -2.28. The molecular formula is C20H27N5O2. The third-order valence-corrected chi connectivity index (χ3v) is 4.67. The standard InChI is InChI=1S/C20H27N5O2/c1-7-27-18(26)17-13(4)16-14(23-17)9-20(5,6)10-15(16)24-25-19-21-11(2)8-12(3)22-19/h8,23H,7,9-10H2,1-6H3,(H,21,22,25). The van der Waals surface area contributed by atoms with Crippen LogP contribution in [0.3, 0.4) is 0 Å². The monoisotopic (exact) mass is 369 g/mol. The second-order valence-electron chi connectivity index (χ2n) is 7.86. The fourth-order valence-electron chi connectivity index (χ4n) is 3.66. The number of hydrazone groups is 1. The van der Waals surface area contributed by atoms with Crippen molar-refractivity contribution in [3.05, 3.63) is 40.0 Å². The van der Waals surface area contributed by atoms with Gasteiger partial charge in [-0.2, -0.15) is 5.10 Å². The van der Waals surface area contributed by atoms with E-state index in [1.54, 1.807) is 6.92 Å². The van der Waals surface area contributed by atoms with Crippen LogP contribution >= 0.6 is 0 Å². The summed E-state index contributed by atoms with van der Waals surface area (Å²) in [4.78, 5) is 24.3. The normalized spacial score (nSPS) is 16.9. The molecule has 2 N–H and O–H groups in total. The van der Waals surface area contributed by atoms with Gasteiger partial charge in [-0.05, 0) is 57.6 Å². The molecule has 27 heavy (non-hydrogen) atoms. The molecule has 0 unspecified atom stereocenters. The lowest BCUT2D eigenvalue weighted by Gasteiger charge is -2.30. The zero-order valence-corrected chi connectivity index (χ0v) is 16.9. The molecule has 0 saturated carbocycles. The molecule has 0 atom stereocenters. The van der Waals surface area contributed by atoms with Gasteiger partial charge in [0.15, 0.2) is 0 Å². The number of aryl methyl sites for hydroxylation is 2. The van der Waals surface area contributed by atoms with Gasteiger partial charge in [0.25, 0.3) is 0 Å². The van der Waals surface area contributed by atoms with Crippen molar-refractivity contribution in [2.75, 3.05) is 12.0 Å². The first kappa shape index (κ1) is 19.1. The summed E-state index contributed by atoms with van der Waals surface area (Å²) in [5, 5.41) is 4.62. The third-order valence-electron chi connectivity index (χ3n) is 4.67. The molecule has 0 spiro atoms. The first-order valence-electron chi connectivity index (χ1n) is 9.24. The van der Waals surface area contributed by atoms with E-state index in [0.717, 1.165) is 46.8 Å². The van der Waals surface area contributed by atoms with E-state index in [2.05, 4.69) is 39.3 Å². The number of aromatic nitrogens is 3. The van der Waals surface area contributed by atoms with E-state index in [-0.39, 0.29) is 11.4 Å². The van der Waals surface area contributed by atoms with Gasteiger partial charge in [-0.25, -0.2) is 20.2 Å². The highest BCUT2D eigenvalue weighted by Gasteiger charge is 2.34. The first-order chi connectivity index (χ1) is 12.7. The van der Waals surface area contributed by atoms with Crippen LogP contribution in [0.25, 0.3) is 0 Å². The zero-order valence-electron chi connectivity index (χ0n) is 16.9. The molecular weight excluding hydrogens is 342 g/mol.